The molecular formula is C12H15F3N2O2. The molecule has 4 nitrogen and oxygen atoms in total. The van der Waals surface area contributed by atoms with Gasteiger partial charge in [0.2, 0.25) is 5.91 Å². The first-order valence-corrected chi connectivity index (χ1v) is 5.62. The summed E-state index contributed by atoms with van der Waals surface area (Å²) in [7, 11) is 0. The van der Waals surface area contributed by atoms with Crippen LogP contribution in [0.4, 0.5) is 18.9 Å². The van der Waals surface area contributed by atoms with Gasteiger partial charge in [0.25, 0.3) is 0 Å². The van der Waals surface area contributed by atoms with E-state index in [-0.39, 0.29) is 25.5 Å². The van der Waals surface area contributed by atoms with Crippen LogP contribution in [0.25, 0.3) is 0 Å². The van der Waals surface area contributed by atoms with Crippen molar-refractivity contribution in [2.24, 2.45) is 0 Å². The molecule has 0 aliphatic carbocycles. The zero-order valence-electron chi connectivity index (χ0n) is 10.2. The Labute approximate surface area is 108 Å². The maximum absolute atomic E-state index is 11.7. The molecule has 0 spiro atoms. The average molecular weight is 276 g/mol. The van der Waals surface area contributed by atoms with Crippen molar-refractivity contribution < 1.29 is 22.7 Å². The number of nitrogens with two attached hydrogens (primary N) is 1. The van der Waals surface area contributed by atoms with Gasteiger partial charge in [-0.1, -0.05) is 12.1 Å². The molecule has 0 aliphatic heterocycles. The molecule has 1 amide bonds. The van der Waals surface area contributed by atoms with E-state index in [9.17, 15) is 18.0 Å². The van der Waals surface area contributed by atoms with E-state index in [4.69, 9.17) is 5.73 Å². The smallest absolute Gasteiger partial charge is 0.399 e. The summed E-state index contributed by atoms with van der Waals surface area (Å²) < 4.78 is 39.6. The largest absolute Gasteiger partial charge is 0.411 e. The molecule has 0 heterocycles. The predicted molar refractivity (Wildman–Crippen MR) is 64.2 cm³/mol. The molecule has 19 heavy (non-hydrogen) atoms. The van der Waals surface area contributed by atoms with Gasteiger partial charge in [0.05, 0.1) is 6.61 Å². The number of carbonyl (C=O) groups excluding carboxylic acids is 1. The van der Waals surface area contributed by atoms with E-state index in [2.05, 4.69) is 10.1 Å². The van der Waals surface area contributed by atoms with Crippen molar-refractivity contribution in [2.45, 2.75) is 19.1 Å². The zero-order valence-corrected chi connectivity index (χ0v) is 10.2. The summed E-state index contributed by atoms with van der Waals surface area (Å²) in [6.45, 7) is -1.32. The Hall–Kier alpha value is -1.76. The Bertz CT molecular complexity index is 422. The van der Waals surface area contributed by atoms with Crippen molar-refractivity contribution in [1.82, 2.24) is 5.32 Å². The molecule has 1 aromatic carbocycles. The van der Waals surface area contributed by atoms with E-state index in [0.717, 1.165) is 5.56 Å². The number of carbonyl (C=O) groups is 1. The summed E-state index contributed by atoms with van der Waals surface area (Å²) in [6, 6.07) is 6.97. The average Bonchev–Trinajstić information content (AvgIpc) is 2.31. The van der Waals surface area contributed by atoms with Gasteiger partial charge in [-0.25, -0.2) is 0 Å². The minimum atomic E-state index is -4.36. The third-order valence-electron chi connectivity index (χ3n) is 2.18. The molecule has 0 saturated carbocycles. The number of benzene rings is 1. The highest BCUT2D eigenvalue weighted by atomic mass is 19.4. The van der Waals surface area contributed by atoms with E-state index >= 15 is 0 Å². The summed E-state index contributed by atoms with van der Waals surface area (Å²) >= 11 is 0. The lowest BCUT2D eigenvalue weighted by Gasteiger charge is -2.08. The van der Waals surface area contributed by atoms with Gasteiger partial charge in [-0.2, -0.15) is 13.2 Å². The number of nitrogens with one attached hydrogen (secondary N) is 1. The van der Waals surface area contributed by atoms with Crippen LogP contribution >= 0.6 is 0 Å². The summed E-state index contributed by atoms with van der Waals surface area (Å²) in [6.07, 6.45) is -4.48. The second kappa shape index (κ2) is 6.98. The molecule has 1 aromatic rings. The van der Waals surface area contributed by atoms with Crippen LogP contribution in [0.1, 0.15) is 12.0 Å². The maximum Gasteiger partial charge on any atom is 0.411 e. The molecule has 0 radical (unpaired) electrons. The Balaban J connectivity index is 2.18. The van der Waals surface area contributed by atoms with Crippen LogP contribution in [0.15, 0.2) is 24.3 Å². The van der Waals surface area contributed by atoms with E-state index in [0.29, 0.717) is 5.69 Å². The van der Waals surface area contributed by atoms with Crippen LogP contribution < -0.4 is 11.1 Å². The Morgan fingerprint density at radius 2 is 2.11 bits per heavy atom. The van der Waals surface area contributed by atoms with Crippen LogP contribution in [-0.4, -0.2) is 25.3 Å². The third-order valence-corrected chi connectivity index (χ3v) is 2.18. The fourth-order valence-corrected chi connectivity index (χ4v) is 1.34. The molecule has 1 rings (SSSR count). The van der Waals surface area contributed by atoms with E-state index in [1.807, 2.05) is 0 Å². The Morgan fingerprint density at radius 3 is 2.74 bits per heavy atom. The summed E-state index contributed by atoms with van der Waals surface area (Å²) in [5.41, 5.74) is 6.97. The van der Waals surface area contributed by atoms with Gasteiger partial charge in [0.15, 0.2) is 0 Å². The maximum atomic E-state index is 11.7. The fraction of sp³-hybridized carbons (Fsp3) is 0.417. The molecule has 106 valence electrons. The molecule has 0 aliphatic rings. The van der Waals surface area contributed by atoms with Crippen molar-refractivity contribution in [3.8, 4) is 0 Å². The predicted octanol–water partition coefficient (Wildman–Crippen LogP) is 1.85. The lowest BCUT2D eigenvalue weighted by Crippen LogP contribution is -2.25. The number of alkyl halides is 3. The Morgan fingerprint density at radius 1 is 1.37 bits per heavy atom. The quantitative estimate of drug-likeness (QED) is 0.615. The highest BCUT2D eigenvalue weighted by Crippen LogP contribution is 2.14. The van der Waals surface area contributed by atoms with E-state index < -0.39 is 12.8 Å². The number of anilines is 1. The first kappa shape index (κ1) is 15.3. The molecule has 0 unspecified atom stereocenters. The minimum Gasteiger partial charge on any atom is -0.399 e. The topological polar surface area (TPSA) is 64.3 Å². The van der Waals surface area contributed by atoms with Crippen LogP contribution in [0.5, 0.6) is 0 Å². The van der Waals surface area contributed by atoms with Crippen molar-refractivity contribution in [2.75, 3.05) is 18.9 Å². The van der Waals surface area contributed by atoms with Gasteiger partial charge >= 0.3 is 6.18 Å². The van der Waals surface area contributed by atoms with E-state index in [1.165, 1.54) is 0 Å². The number of hydrogen-bond acceptors (Lipinski definition) is 3. The van der Waals surface area contributed by atoms with Crippen LogP contribution in [0, 0.1) is 0 Å². The number of amides is 1. The fourth-order valence-electron chi connectivity index (χ4n) is 1.34. The van der Waals surface area contributed by atoms with Gasteiger partial charge in [-0.3, -0.25) is 4.79 Å². The second-order valence-corrected chi connectivity index (χ2v) is 3.94. The van der Waals surface area contributed by atoms with Crippen molar-refractivity contribution in [1.29, 1.82) is 0 Å². The summed E-state index contributed by atoms with van der Waals surface area (Å²) in [5.74, 6) is -0.371. The first-order valence-electron chi connectivity index (χ1n) is 5.62. The normalized spacial score (nSPS) is 11.3. The number of hydrogen-bond donors (Lipinski definition) is 2. The number of rotatable bonds is 6. The molecule has 7 heteroatoms. The van der Waals surface area contributed by atoms with Gasteiger partial charge < -0.3 is 15.8 Å². The highest BCUT2D eigenvalue weighted by molar-refractivity contribution is 5.75. The Kier molecular flexibility index (Phi) is 5.62. The third kappa shape index (κ3) is 7.30. The zero-order chi connectivity index (χ0) is 14.3. The molecular weight excluding hydrogens is 261 g/mol. The monoisotopic (exact) mass is 276 g/mol. The molecule has 0 atom stereocenters. The van der Waals surface area contributed by atoms with Crippen LogP contribution in [-0.2, 0) is 16.1 Å². The lowest BCUT2D eigenvalue weighted by atomic mass is 10.2. The molecule has 3 N–H and O–H groups in total. The van der Waals surface area contributed by atoms with Gasteiger partial charge in [-0.15, -0.1) is 0 Å². The van der Waals surface area contributed by atoms with E-state index in [1.54, 1.807) is 24.3 Å². The first-order chi connectivity index (χ1) is 8.87. The van der Waals surface area contributed by atoms with Crippen molar-refractivity contribution in [3.63, 3.8) is 0 Å². The van der Waals surface area contributed by atoms with Crippen LogP contribution in [0.3, 0.4) is 0 Å². The van der Waals surface area contributed by atoms with Gasteiger partial charge in [0, 0.05) is 18.7 Å². The number of ether oxygens (including phenoxy) is 1. The number of halogens is 3. The van der Waals surface area contributed by atoms with Gasteiger partial charge in [0.1, 0.15) is 6.61 Å². The molecule has 0 aromatic heterocycles. The number of nitrogen functional groups attached to an aromatic ring is 1. The standard InChI is InChI=1S/C12H15F3N2O2/c13-12(14,15)8-19-5-4-11(18)17-7-9-2-1-3-10(16)6-9/h1-3,6H,4-5,7-8,16H2,(H,17,18). The van der Waals surface area contributed by atoms with Crippen molar-refractivity contribution in [3.05, 3.63) is 29.8 Å². The minimum absolute atomic E-state index is 0.113. The molecule has 0 saturated heterocycles. The van der Waals surface area contributed by atoms with Gasteiger partial charge in [-0.05, 0) is 17.7 Å². The summed E-state index contributed by atoms with van der Waals surface area (Å²) in [5, 5.41) is 2.57. The molecule has 0 bridgehead atoms. The molecule has 0 fully saturated rings. The highest BCUT2D eigenvalue weighted by Gasteiger charge is 2.27. The van der Waals surface area contributed by atoms with Crippen LogP contribution in [0.2, 0.25) is 0 Å². The van der Waals surface area contributed by atoms with Crippen molar-refractivity contribution >= 4 is 11.6 Å². The summed E-state index contributed by atoms with van der Waals surface area (Å²) in [4.78, 5) is 11.3. The second-order valence-electron chi connectivity index (χ2n) is 3.94. The lowest BCUT2D eigenvalue weighted by molar-refractivity contribution is -0.174. The SMILES string of the molecule is Nc1cccc(CNC(=O)CCOCC(F)(F)F)c1.